The lowest BCUT2D eigenvalue weighted by Crippen LogP contribution is -2.32. The van der Waals surface area contributed by atoms with Gasteiger partial charge in [-0.1, -0.05) is 13.0 Å². The number of aromatic nitrogens is 3. The third kappa shape index (κ3) is 4.25. The highest BCUT2D eigenvalue weighted by molar-refractivity contribution is 6.12. The standard InChI is InChI=1S/C27H28FN5O/c1-17-11-13-32(14-12-17)22-9-7-21(8-10-22)30-27(34)24-15-18(2)29-26-25(24)19(3)31-33(26)23-6-4-5-20(28)16-23/h4-10,15-17H,11-14H2,1-3H3,(H,30,34). The van der Waals surface area contributed by atoms with Gasteiger partial charge in [0, 0.05) is 30.2 Å². The van der Waals surface area contributed by atoms with Crippen molar-refractivity contribution in [1.29, 1.82) is 0 Å². The number of halogens is 1. The first kappa shape index (κ1) is 22.1. The summed E-state index contributed by atoms with van der Waals surface area (Å²) >= 11 is 0. The van der Waals surface area contributed by atoms with Gasteiger partial charge in [0.25, 0.3) is 5.91 Å². The number of aryl methyl sites for hydroxylation is 2. The molecule has 0 bridgehead atoms. The Morgan fingerprint density at radius 1 is 1.03 bits per heavy atom. The van der Waals surface area contributed by atoms with E-state index in [2.05, 4.69) is 39.4 Å². The molecule has 6 nitrogen and oxygen atoms in total. The van der Waals surface area contributed by atoms with E-state index in [1.165, 1.54) is 30.7 Å². The normalized spacial score (nSPS) is 14.5. The summed E-state index contributed by atoms with van der Waals surface area (Å²) in [5.41, 5.74) is 4.84. The number of amides is 1. The number of nitrogens with one attached hydrogen (secondary N) is 1. The molecule has 2 aromatic heterocycles. The number of nitrogens with zero attached hydrogens (tertiary/aromatic N) is 4. The maximum absolute atomic E-state index is 13.8. The zero-order valence-electron chi connectivity index (χ0n) is 19.7. The molecule has 34 heavy (non-hydrogen) atoms. The monoisotopic (exact) mass is 457 g/mol. The number of hydrogen-bond acceptors (Lipinski definition) is 4. The molecule has 0 radical (unpaired) electrons. The van der Waals surface area contributed by atoms with Gasteiger partial charge in [0.2, 0.25) is 0 Å². The lowest BCUT2D eigenvalue weighted by Gasteiger charge is -2.32. The molecule has 7 heteroatoms. The molecule has 1 aliphatic heterocycles. The van der Waals surface area contributed by atoms with Gasteiger partial charge in [-0.25, -0.2) is 14.1 Å². The van der Waals surface area contributed by atoms with Crippen LogP contribution in [0.15, 0.2) is 54.6 Å². The average molecular weight is 458 g/mol. The van der Waals surface area contributed by atoms with Gasteiger partial charge in [-0.05, 0) is 81.1 Å². The molecule has 174 valence electrons. The number of hydrogen-bond donors (Lipinski definition) is 1. The molecule has 0 spiro atoms. The molecule has 0 aliphatic carbocycles. The largest absolute Gasteiger partial charge is 0.372 e. The van der Waals surface area contributed by atoms with Gasteiger partial charge in [0.15, 0.2) is 5.65 Å². The van der Waals surface area contributed by atoms with Crippen molar-refractivity contribution in [3.8, 4) is 5.69 Å². The Morgan fingerprint density at radius 2 is 1.76 bits per heavy atom. The van der Waals surface area contributed by atoms with Gasteiger partial charge in [0.1, 0.15) is 5.82 Å². The van der Waals surface area contributed by atoms with Crippen molar-refractivity contribution in [3.63, 3.8) is 0 Å². The molecule has 0 saturated carbocycles. The maximum Gasteiger partial charge on any atom is 0.256 e. The molecule has 4 aromatic rings. The van der Waals surface area contributed by atoms with Crippen molar-refractivity contribution >= 4 is 28.3 Å². The first-order chi connectivity index (χ1) is 16.4. The lowest BCUT2D eigenvalue weighted by molar-refractivity contribution is 0.102. The van der Waals surface area contributed by atoms with Crippen molar-refractivity contribution in [2.24, 2.45) is 5.92 Å². The van der Waals surface area contributed by atoms with Crippen molar-refractivity contribution < 1.29 is 9.18 Å². The summed E-state index contributed by atoms with van der Waals surface area (Å²) in [6, 6.07) is 16.0. The van der Waals surface area contributed by atoms with Crippen LogP contribution in [0.1, 0.15) is 41.5 Å². The number of carbonyl (C=O) groups is 1. The predicted molar refractivity (Wildman–Crippen MR) is 133 cm³/mol. The van der Waals surface area contributed by atoms with E-state index in [4.69, 9.17) is 0 Å². The Hall–Kier alpha value is -3.74. The zero-order valence-corrected chi connectivity index (χ0v) is 19.7. The van der Waals surface area contributed by atoms with Gasteiger partial charge in [-0.3, -0.25) is 4.79 Å². The van der Waals surface area contributed by atoms with E-state index in [0.717, 1.165) is 24.7 Å². The topological polar surface area (TPSA) is 63.1 Å². The number of piperidine rings is 1. The zero-order chi connectivity index (χ0) is 23.8. The molecule has 0 atom stereocenters. The van der Waals surface area contributed by atoms with Crippen LogP contribution in [0.5, 0.6) is 0 Å². The van der Waals surface area contributed by atoms with Gasteiger partial charge in [-0.2, -0.15) is 5.10 Å². The smallest absolute Gasteiger partial charge is 0.256 e. The van der Waals surface area contributed by atoms with Crippen molar-refractivity contribution in [1.82, 2.24) is 14.8 Å². The van der Waals surface area contributed by atoms with Crippen LogP contribution in [0.25, 0.3) is 16.7 Å². The van der Waals surface area contributed by atoms with E-state index in [9.17, 15) is 9.18 Å². The van der Waals surface area contributed by atoms with E-state index >= 15 is 0 Å². The summed E-state index contributed by atoms with van der Waals surface area (Å²) in [6.45, 7) is 8.10. The fraction of sp³-hybridized carbons (Fsp3) is 0.296. The first-order valence-electron chi connectivity index (χ1n) is 11.7. The minimum absolute atomic E-state index is 0.225. The second-order valence-electron chi connectivity index (χ2n) is 9.16. The average Bonchev–Trinajstić information content (AvgIpc) is 3.15. The number of carbonyl (C=O) groups excluding carboxylic acids is 1. The van der Waals surface area contributed by atoms with Gasteiger partial charge >= 0.3 is 0 Å². The van der Waals surface area contributed by atoms with Crippen LogP contribution in [-0.4, -0.2) is 33.8 Å². The quantitative estimate of drug-likeness (QED) is 0.429. The Balaban J connectivity index is 1.43. The summed E-state index contributed by atoms with van der Waals surface area (Å²) in [7, 11) is 0. The van der Waals surface area contributed by atoms with Crippen molar-refractivity contribution in [2.75, 3.05) is 23.3 Å². The third-order valence-electron chi connectivity index (χ3n) is 6.51. The number of benzene rings is 2. The summed E-state index contributed by atoms with van der Waals surface area (Å²) in [5, 5.41) is 8.24. The highest BCUT2D eigenvalue weighted by Crippen LogP contribution is 2.27. The maximum atomic E-state index is 13.8. The predicted octanol–water partition coefficient (Wildman–Crippen LogP) is 5.67. The lowest BCUT2D eigenvalue weighted by atomic mass is 9.99. The summed E-state index contributed by atoms with van der Waals surface area (Å²) in [5.74, 6) is 0.202. The highest BCUT2D eigenvalue weighted by atomic mass is 19.1. The Bertz CT molecular complexity index is 1350. The van der Waals surface area contributed by atoms with E-state index in [-0.39, 0.29) is 11.7 Å². The van der Waals surface area contributed by atoms with E-state index in [1.54, 1.807) is 22.9 Å². The van der Waals surface area contributed by atoms with Gasteiger partial charge in [-0.15, -0.1) is 0 Å². The highest BCUT2D eigenvalue weighted by Gasteiger charge is 2.20. The fourth-order valence-electron chi connectivity index (χ4n) is 4.60. The SMILES string of the molecule is Cc1cc(C(=O)Nc2ccc(N3CCC(C)CC3)cc2)c2c(C)nn(-c3cccc(F)c3)c2n1. The molecule has 1 saturated heterocycles. The molecule has 1 aliphatic rings. The number of anilines is 2. The minimum Gasteiger partial charge on any atom is -0.372 e. The molecule has 1 fully saturated rings. The summed E-state index contributed by atoms with van der Waals surface area (Å²) < 4.78 is 15.4. The molecule has 5 rings (SSSR count). The fourth-order valence-corrected chi connectivity index (χ4v) is 4.60. The number of fused-ring (bicyclic) bond motifs is 1. The molecule has 1 amide bonds. The van der Waals surface area contributed by atoms with Crippen molar-refractivity contribution in [2.45, 2.75) is 33.6 Å². The molecular weight excluding hydrogens is 429 g/mol. The van der Waals surface area contributed by atoms with Crippen LogP contribution in [0.2, 0.25) is 0 Å². The molecule has 2 aromatic carbocycles. The summed E-state index contributed by atoms with van der Waals surface area (Å²) in [4.78, 5) is 20.3. The molecule has 0 unspecified atom stereocenters. The van der Waals surface area contributed by atoms with Crippen LogP contribution in [-0.2, 0) is 0 Å². The minimum atomic E-state index is -0.355. The van der Waals surface area contributed by atoms with Crippen LogP contribution >= 0.6 is 0 Å². The molecule has 1 N–H and O–H groups in total. The number of pyridine rings is 1. The number of rotatable bonds is 4. The Morgan fingerprint density at radius 3 is 2.47 bits per heavy atom. The van der Waals surface area contributed by atoms with Crippen LogP contribution in [0, 0.1) is 25.6 Å². The van der Waals surface area contributed by atoms with Crippen molar-refractivity contribution in [3.05, 3.63) is 77.4 Å². The molecular formula is C27H28FN5O. The van der Waals surface area contributed by atoms with Crippen LogP contribution in [0.3, 0.4) is 0 Å². The Labute approximate surface area is 198 Å². The second kappa shape index (κ2) is 8.89. The van der Waals surface area contributed by atoms with E-state index < -0.39 is 0 Å². The van der Waals surface area contributed by atoms with E-state index in [1.807, 2.05) is 26.0 Å². The van der Waals surface area contributed by atoms with Crippen LogP contribution in [0.4, 0.5) is 15.8 Å². The van der Waals surface area contributed by atoms with Crippen LogP contribution < -0.4 is 10.2 Å². The second-order valence-corrected chi connectivity index (χ2v) is 9.16. The van der Waals surface area contributed by atoms with Gasteiger partial charge < -0.3 is 10.2 Å². The first-order valence-corrected chi connectivity index (χ1v) is 11.7. The summed E-state index contributed by atoms with van der Waals surface area (Å²) in [6.07, 6.45) is 2.41. The molecule has 3 heterocycles. The van der Waals surface area contributed by atoms with Gasteiger partial charge in [0.05, 0.1) is 22.3 Å². The Kier molecular flexibility index (Phi) is 5.77. The third-order valence-corrected chi connectivity index (χ3v) is 6.51. The van der Waals surface area contributed by atoms with E-state index in [0.29, 0.717) is 33.7 Å².